The number of rotatable bonds is 5. The molecule has 4 saturated heterocycles. The number of amides is 1. The Morgan fingerprint density at radius 3 is 2.12 bits per heavy atom. The van der Waals surface area contributed by atoms with Crippen LogP contribution in [0.15, 0.2) is 18.2 Å². The predicted molar refractivity (Wildman–Crippen MR) is 142 cm³/mol. The van der Waals surface area contributed by atoms with Gasteiger partial charge in [0.15, 0.2) is 0 Å². The molecule has 4 fully saturated rings. The fourth-order valence-electron chi connectivity index (χ4n) is 7.05. The molecule has 15 heteroatoms. The third-order valence-electron chi connectivity index (χ3n) is 9.34. The van der Waals surface area contributed by atoms with E-state index >= 15 is 0 Å². The van der Waals surface area contributed by atoms with Gasteiger partial charge in [-0.2, -0.15) is 26.3 Å². The highest BCUT2D eigenvalue weighted by atomic mass is 32.2. The highest BCUT2D eigenvalue weighted by Crippen LogP contribution is 2.43. The van der Waals surface area contributed by atoms with E-state index in [1.165, 1.54) is 6.26 Å². The predicted octanol–water partition coefficient (Wildman–Crippen LogP) is 4.53. The summed E-state index contributed by atoms with van der Waals surface area (Å²) < 4.78 is 107. The van der Waals surface area contributed by atoms with Crippen LogP contribution in [0.25, 0.3) is 0 Å². The number of carbonyl (C=O) groups is 1. The number of likely N-dealkylation sites (tertiary alicyclic amines) is 2. The zero-order valence-electron chi connectivity index (χ0n) is 23.6. The van der Waals surface area contributed by atoms with E-state index in [-0.39, 0.29) is 18.5 Å². The molecule has 1 aromatic carbocycles. The van der Waals surface area contributed by atoms with E-state index in [0.29, 0.717) is 32.6 Å². The SMILES string of the molecule is Cc1cc(CN2CCCC23CN(C(=O)OC(C(F)(F)F)C(F)(F)F)C3)cc(N2CCC3(CC2)CCN(S(C)(=O)=O)C3)c1. The second kappa shape index (κ2) is 10.7. The molecule has 0 N–H and O–H groups in total. The second-order valence-corrected chi connectivity index (χ2v) is 14.4. The molecule has 4 aliphatic rings. The molecule has 4 aliphatic heterocycles. The summed E-state index contributed by atoms with van der Waals surface area (Å²) in [6, 6.07) is 6.28. The van der Waals surface area contributed by atoms with Gasteiger partial charge in [0.25, 0.3) is 6.10 Å². The number of carbonyl (C=O) groups excluding carboxylic acids is 1. The lowest BCUT2D eigenvalue weighted by Gasteiger charge is -2.52. The fourth-order valence-corrected chi connectivity index (χ4v) is 7.98. The molecule has 0 saturated carbocycles. The summed E-state index contributed by atoms with van der Waals surface area (Å²) in [6.45, 7) is 5.98. The Balaban J connectivity index is 1.20. The van der Waals surface area contributed by atoms with Crippen LogP contribution in [-0.2, 0) is 21.3 Å². The smallest absolute Gasteiger partial charge is 0.426 e. The highest BCUT2D eigenvalue weighted by Gasteiger charge is 2.61. The van der Waals surface area contributed by atoms with Gasteiger partial charge in [-0.3, -0.25) is 4.90 Å². The number of ether oxygens (including phenoxy) is 1. The van der Waals surface area contributed by atoms with Crippen molar-refractivity contribution in [1.82, 2.24) is 14.1 Å². The molecule has 0 aliphatic carbocycles. The molecule has 1 amide bonds. The van der Waals surface area contributed by atoms with Crippen molar-refractivity contribution >= 4 is 21.8 Å². The van der Waals surface area contributed by atoms with E-state index in [1.807, 2.05) is 6.92 Å². The largest absolute Gasteiger partial charge is 0.434 e. The third-order valence-corrected chi connectivity index (χ3v) is 10.6. The Kier molecular flexibility index (Phi) is 7.96. The zero-order valence-corrected chi connectivity index (χ0v) is 24.4. The minimum atomic E-state index is -5.75. The first-order valence-corrected chi connectivity index (χ1v) is 15.9. The van der Waals surface area contributed by atoms with Gasteiger partial charge in [-0.05, 0) is 74.2 Å². The standard InChI is InChI=1S/C27H36F6N4O4S/c1-19-12-20(14-21(13-19)34-9-5-24(6-10-34)7-11-37(16-24)42(2,39)40)15-36-8-3-4-25(36)17-35(18-25)23(38)41-22(26(28,29)30)27(31,32)33/h12-14,22H,3-11,15-18H2,1-2H3. The van der Waals surface area contributed by atoms with Crippen LogP contribution in [-0.4, -0.2) is 105 Å². The third kappa shape index (κ3) is 6.33. The fraction of sp³-hybridized carbons (Fsp3) is 0.741. The monoisotopic (exact) mass is 626 g/mol. The van der Waals surface area contributed by atoms with E-state index in [2.05, 4.69) is 32.7 Å². The van der Waals surface area contributed by atoms with E-state index in [4.69, 9.17) is 0 Å². The first kappa shape index (κ1) is 31.2. The van der Waals surface area contributed by atoms with Crippen molar-refractivity contribution in [3.63, 3.8) is 0 Å². The molecular weight excluding hydrogens is 590 g/mol. The first-order chi connectivity index (χ1) is 19.4. The summed E-state index contributed by atoms with van der Waals surface area (Å²) in [5, 5.41) is 0. The summed E-state index contributed by atoms with van der Waals surface area (Å²) in [5.74, 6) is 0. The topological polar surface area (TPSA) is 73.4 Å². The van der Waals surface area contributed by atoms with Crippen molar-refractivity contribution in [2.75, 3.05) is 57.0 Å². The van der Waals surface area contributed by atoms with Crippen molar-refractivity contribution < 1.29 is 44.3 Å². The molecule has 0 bridgehead atoms. The number of halogens is 6. The maximum atomic E-state index is 12.8. The number of benzene rings is 1. The second-order valence-electron chi connectivity index (χ2n) is 12.5. The van der Waals surface area contributed by atoms with Crippen LogP contribution in [0.5, 0.6) is 0 Å². The average Bonchev–Trinajstić information content (AvgIpc) is 3.45. The number of aryl methyl sites for hydroxylation is 1. The minimum Gasteiger partial charge on any atom is -0.426 e. The van der Waals surface area contributed by atoms with Crippen LogP contribution in [0.2, 0.25) is 0 Å². The van der Waals surface area contributed by atoms with Gasteiger partial charge < -0.3 is 14.5 Å². The number of hydrogen-bond acceptors (Lipinski definition) is 6. The molecule has 42 heavy (non-hydrogen) atoms. The van der Waals surface area contributed by atoms with Gasteiger partial charge in [-0.15, -0.1) is 0 Å². The molecular formula is C27H36F6N4O4S. The number of anilines is 1. The van der Waals surface area contributed by atoms with Crippen LogP contribution in [0.1, 0.15) is 43.2 Å². The summed E-state index contributed by atoms with van der Waals surface area (Å²) in [4.78, 5) is 17.6. The van der Waals surface area contributed by atoms with Crippen LogP contribution >= 0.6 is 0 Å². The zero-order chi connectivity index (χ0) is 30.7. The Hall–Kier alpha value is -2.26. The molecule has 0 unspecified atom stereocenters. The van der Waals surface area contributed by atoms with E-state index < -0.39 is 40.1 Å². The number of nitrogens with zero attached hydrogens (tertiary/aromatic N) is 4. The summed E-state index contributed by atoms with van der Waals surface area (Å²) in [7, 11) is -3.20. The van der Waals surface area contributed by atoms with Crippen LogP contribution in [0, 0.1) is 12.3 Å². The van der Waals surface area contributed by atoms with Gasteiger partial charge >= 0.3 is 18.4 Å². The Labute approximate surface area is 241 Å². The van der Waals surface area contributed by atoms with Crippen molar-refractivity contribution in [2.45, 2.75) is 69.6 Å². The van der Waals surface area contributed by atoms with Crippen molar-refractivity contribution in [3.8, 4) is 0 Å². The summed E-state index contributed by atoms with van der Waals surface area (Å²) >= 11 is 0. The molecule has 5 rings (SSSR count). The van der Waals surface area contributed by atoms with Gasteiger partial charge in [0.1, 0.15) is 0 Å². The van der Waals surface area contributed by atoms with Gasteiger partial charge in [0, 0.05) is 51.5 Å². The average molecular weight is 627 g/mol. The van der Waals surface area contributed by atoms with E-state index in [0.717, 1.165) is 60.5 Å². The van der Waals surface area contributed by atoms with Gasteiger partial charge in [-0.1, -0.05) is 6.07 Å². The highest BCUT2D eigenvalue weighted by molar-refractivity contribution is 7.88. The number of hydrogen-bond donors (Lipinski definition) is 0. The number of piperidine rings is 1. The van der Waals surface area contributed by atoms with Crippen molar-refractivity contribution in [1.29, 1.82) is 0 Å². The lowest BCUT2D eigenvalue weighted by Crippen LogP contribution is -2.69. The molecule has 2 spiro atoms. The number of sulfonamides is 1. The summed E-state index contributed by atoms with van der Waals surface area (Å²) in [5.41, 5.74) is 2.65. The molecule has 1 aromatic rings. The normalized spacial score (nSPS) is 23.3. The quantitative estimate of drug-likeness (QED) is 0.448. The van der Waals surface area contributed by atoms with E-state index in [1.54, 1.807) is 4.31 Å². The van der Waals surface area contributed by atoms with Crippen molar-refractivity contribution in [2.24, 2.45) is 5.41 Å². The number of alkyl halides is 6. The minimum absolute atomic E-state index is 0.00559. The van der Waals surface area contributed by atoms with E-state index in [9.17, 15) is 39.6 Å². The maximum absolute atomic E-state index is 12.8. The molecule has 8 nitrogen and oxygen atoms in total. The first-order valence-electron chi connectivity index (χ1n) is 14.0. The van der Waals surface area contributed by atoms with Crippen LogP contribution in [0.3, 0.4) is 0 Å². The molecule has 0 radical (unpaired) electrons. The Bertz CT molecular complexity index is 1280. The maximum Gasteiger partial charge on any atom is 0.434 e. The van der Waals surface area contributed by atoms with Crippen LogP contribution < -0.4 is 4.90 Å². The molecule has 4 heterocycles. The Morgan fingerprint density at radius 1 is 0.929 bits per heavy atom. The molecule has 0 aromatic heterocycles. The lowest BCUT2D eigenvalue weighted by atomic mass is 9.77. The summed E-state index contributed by atoms with van der Waals surface area (Å²) in [6.07, 6.45) is -11.9. The Morgan fingerprint density at radius 2 is 1.55 bits per heavy atom. The molecule has 236 valence electrons. The van der Waals surface area contributed by atoms with Crippen molar-refractivity contribution in [3.05, 3.63) is 29.3 Å². The van der Waals surface area contributed by atoms with Gasteiger partial charge in [0.05, 0.1) is 11.8 Å². The molecule has 0 atom stereocenters. The lowest BCUT2D eigenvalue weighted by molar-refractivity contribution is -0.309. The van der Waals surface area contributed by atoms with Gasteiger partial charge in [-0.25, -0.2) is 17.5 Å². The van der Waals surface area contributed by atoms with Crippen LogP contribution in [0.4, 0.5) is 36.8 Å². The van der Waals surface area contributed by atoms with Gasteiger partial charge in [0.2, 0.25) is 10.0 Å².